The maximum atomic E-state index is 10.6. The standard InChI is InChI=1S/C22H26ClNO4/c1-27-17-5-2-15(3-6-17)20(26)14-24-10-8-22(9-11-24)13-19(25)18-12-16(23)4-7-21(18)28-22/h2-7,12,19-20,25-26H,8-11,13-14H2,1H3/t19-,20+/m1/s1. The Hall–Kier alpha value is -1.79. The molecule has 2 aliphatic rings. The number of aliphatic hydroxyl groups excluding tert-OH is 2. The zero-order valence-corrected chi connectivity index (χ0v) is 16.7. The molecule has 0 bridgehead atoms. The summed E-state index contributed by atoms with van der Waals surface area (Å²) in [6.07, 6.45) is 1.12. The van der Waals surface area contributed by atoms with E-state index in [1.807, 2.05) is 30.3 Å². The van der Waals surface area contributed by atoms with Gasteiger partial charge in [0.2, 0.25) is 0 Å². The summed E-state index contributed by atoms with van der Waals surface area (Å²) in [7, 11) is 1.63. The Labute approximate surface area is 170 Å². The molecule has 2 heterocycles. The average molecular weight is 404 g/mol. The summed E-state index contributed by atoms with van der Waals surface area (Å²) in [4.78, 5) is 2.26. The van der Waals surface area contributed by atoms with Crippen molar-refractivity contribution in [3.63, 3.8) is 0 Å². The van der Waals surface area contributed by atoms with Crippen molar-refractivity contribution in [2.24, 2.45) is 0 Å². The fourth-order valence-corrected chi connectivity index (χ4v) is 4.42. The molecule has 4 rings (SSSR count). The quantitative estimate of drug-likeness (QED) is 0.814. The van der Waals surface area contributed by atoms with E-state index in [4.69, 9.17) is 21.1 Å². The summed E-state index contributed by atoms with van der Waals surface area (Å²) in [6, 6.07) is 13.0. The minimum atomic E-state index is -0.557. The fourth-order valence-electron chi connectivity index (χ4n) is 4.24. The van der Waals surface area contributed by atoms with Gasteiger partial charge in [-0.3, -0.25) is 0 Å². The summed E-state index contributed by atoms with van der Waals surface area (Å²) < 4.78 is 11.5. The molecule has 1 spiro atoms. The highest BCUT2D eigenvalue weighted by atomic mass is 35.5. The zero-order valence-electron chi connectivity index (χ0n) is 16.0. The Morgan fingerprint density at radius 1 is 1.21 bits per heavy atom. The van der Waals surface area contributed by atoms with Crippen LogP contribution in [0.4, 0.5) is 0 Å². The monoisotopic (exact) mass is 403 g/mol. The highest BCUT2D eigenvalue weighted by Crippen LogP contribution is 2.45. The smallest absolute Gasteiger partial charge is 0.126 e. The number of β-amino-alcohol motifs (C(OH)–C–C–N with tert-alkyl or cyclic N) is 1. The molecule has 150 valence electrons. The van der Waals surface area contributed by atoms with Gasteiger partial charge in [-0.25, -0.2) is 0 Å². The van der Waals surface area contributed by atoms with Crippen molar-refractivity contribution in [3.8, 4) is 11.5 Å². The molecule has 2 aromatic carbocycles. The molecule has 28 heavy (non-hydrogen) atoms. The summed E-state index contributed by atoms with van der Waals surface area (Å²) in [5, 5.41) is 21.8. The SMILES string of the molecule is COc1ccc([C@@H](O)CN2CCC3(CC2)C[C@@H](O)c2cc(Cl)ccc2O3)cc1. The number of fused-ring (bicyclic) bond motifs is 1. The molecule has 0 amide bonds. The van der Waals surface area contributed by atoms with Crippen LogP contribution in [-0.2, 0) is 0 Å². The second kappa shape index (κ2) is 7.91. The van der Waals surface area contributed by atoms with Crippen LogP contribution in [0.3, 0.4) is 0 Å². The molecule has 5 nitrogen and oxygen atoms in total. The number of hydrogen-bond acceptors (Lipinski definition) is 5. The maximum Gasteiger partial charge on any atom is 0.126 e. The van der Waals surface area contributed by atoms with Gasteiger partial charge in [0.05, 0.1) is 19.3 Å². The minimum absolute atomic E-state index is 0.345. The molecule has 0 aromatic heterocycles. The van der Waals surface area contributed by atoms with Crippen molar-refractivity contribution < 1.29 is 19.7 Å². The van der Waals surface area contributed by atoms with Gasteiger partial charge in [-0.1, -0.05) is 23.7 Å². The van der Waals surface area contributed by atoms with E-state index in [0.29, 0.717) is 18.0 Å². The molecular formula is C22H26ClNO4. The summed E-state index contributed by atoms with van der Waals surface area (Å²) >= 11 is 6.05. The summed E-state index contributed by atoms with van der Waals surface area (Å²) in [6.45, 7) is 2.23. The van der Waals surface area contributed by atoms with Gasteiger partial charge in [0.15, 0.2) is 0 Å². The first kappa shape index (κ1) is 19.5. The second-order valence-corrected chi connectivity index (χ2v) is 8.21. The first-order valence-corrected chi connectivity index (χ1v) is 10.1. The van der Waals surface area contributed by atoms with E-state index in [0.717, 1.165) is 48.6 Å². The normalized spacial score (nSPS) is 22.4. The lowest BCUT2D eigenvalue weighted by atomic mass is 9.81. The van der Waals surface area contributed by atoms with Gasteiger partial charge in [-0.05, 0) is 48.7 Å². The van der Waals surface area contributed by atoms with Crippen molar-refractivity contribution in [3.05, 3.63) is 58.6 Å². The van der Waals surface area contributed by atoms with Crippen LogP contribution in [0, 0.1) is 0 Å². The molecule has 0 unspecified atom stereocenters. The third-order valence-electron chi connectivity index (χ3n) is 5.92. The van der Waals surface area contributed by atoms with E-state index in [2.05, 4.69) is 4.90 Å². The molecule has 2 aromatic rings. The Bertz CT molecular complexity index is 818. The van der Waals surface area contributed by atoms with Crippen molar-refractivity contribution >= 4 is 11.6 Å². The van der Waals surface area contributed by atoms with Crippen molar-refractivity contribution in [2.75, 3.05) is 26.7 Å². The molecule has 2 aliphatic heterocycles. The fraction of sp³-hybridized carbons (Fsp3) is 0.455. The number of ether oxygens (including phenoxy) is 2. The Morgan fingerprint density at radius 2 is 1.93 bits per heavy atom. The van der Waals surface area contributed by atoms with Gasteiger partial charge in [0.25, 0.3) is 0 Å². The number of rotatable bonds is 4. The third kappa shape index (κ3) is 3.98. The average Bonchev–Trinajstić information content (AvgIpc) is 2.71. The largest absolute Gasteiger partial charge is 0.497 e. The highest BCUT2D eigenvalue weighted by molar-refractivity contribution is 6.30. The molecular weight excluding hydrogens is 378 g/mol. The van der Waals surface area contributed by atoms with Crippen LogP contribution in [0.5, 0.6) is 11.5 Å². The third-order valence-corrected chi connectivity index (χ3v) is 6.16. The molecule has 2 N–H and O–H groups in total. The van der Waals surface area contributed by atoms with Crippen LogP contribution >= 0.6 is 11.6 Å². The zero-order chi connectivity index (χ0) is 19.7. The lowest BCUT2D eigenvalue weighted by Gasteiger charge is -2.46. The minimum Gasteiger partial charge on any atom is -0.497 e. The van der Waals surface area contributed by atoms with Crippen LogP contribution in [0.2, 0.25) is 5.02 Å². The Kier molecular flexibility index (Phi) is 5.52. The van der Waals surface area contributed by atoms with Gasteiger partial charge in [-0.15, -0.1) is 0 Å². The van der Waals surface area contributed by atoms with E-state index in [1.165, 1.54) is 0 Å². The maximum absolute atomic E-state index is 10.6. The number of piperidine rings is 1. The number of benzene rings is 2. The molecule has 0 radical (unpaired) electrons. The molecule has 1 saturated heterocycles. The number of methoxy groups -OCH3 is 1. The van der Waals surface area contributed by atoms with E-state index < -0.39 is 12.2 Å². The molecule has 6 heteroatoms. The highest BCUT2D eigenvalue weighted by Gasteiger charge is 2.43. The lowest BCUT2D eigenvalue weighted by molar-refractivity contribution is -0.0587. The predicted octanol–water partition coefficient (Wildman–Crippen LogP) is 3.73. The van der Waals surface area contributed by atoms with Gasteiger partial charge in [0, 0.05) is 36.6 Å². The first-order valence-electron chi connectivity index (χ1n) is 9.69. The van der Waals surface area contributed by atoms with Crippen LogP contribution in [0.25, 0.3) is 0 Å². The molecule has 2 atom stereocenters. The van der Waals surface area contributed by atoms with Crippen LogP contribution < -0.4 is 9.47 Å². The Morgan fingerprint density at radius 3 is 2.61 bits per heavy atom. The van der Waals surface area contributed by atoms with Crippen molar-refractivity contribution in [1.82, 2.24) is 4.90 Å². The van der Waals surface area contributed by atoms with E-state index in [-0.39, 0.29) is 5.60 Å². The molecule has 0 aliphatic carbocycles. The topological polar surface area (TPSA) is 62.2 Å². The van der Waals surface area contributed by atoms with E-state index in [9.17, 15) is 10.2 Å². The van der Waals surface area contributed by atoms with Gasteiger partial charge in [0.1, 0.15) is 17.1 Å². The number of likely N-dealkylation sites (tertiary alicyclic amines) is 1. The van der Waals surface area contributed by atoms with E-state index in [1.54, 1.807) is 19.2 Å². The Balaban J connectivity index is 1.37. The van der Waals surface area contributed by atoms with Gasteiger partial charge < -0.3 is 24.6 Å². The van der Waals surface area contributed by atoms with Crippen LogP contribution in [0.1, 0.15) is 42.6 Å². The molecule has 0 saturated carbocycles. The first-order chi connectivity index (χ1) is 13.5. The lowest BCUT2D eigenvalue weighted by Crippen LogP contribution is -2.51. The number of aliphatic hydroxyl groups is 2. The van der Waals surface area contributed by atoms with Gasteiger partial charge in [-0.2, -0.15) is 0 Å². The van der Waals surface area contributed by atoms with Crippen molar-refractivity contribution in [2.45, 2.75) is 37.1 Å². The van der Waals surface area contributed by atoms with Crippen LogP contribution in [0.15, 0.2) is 42.5 Å². The second-order valence-electron chi connectivity index (χ2n) is 7.78. The van der Waals surface area contributed by atoms with E-state index >= 15 is 0 Å². The van der Waals surface area contributed by atoms with Crippen molar-refractivity contribution in [1.29, 1.82) is 0 Å². The number of nitrogens with zero attached hydrogens (tertiary/aromatic N) is 1. The number of halogens is 1. The number of hydrogen-bond donors (Lipinski definition) is 2. The summed E-state index contributed by atoms with van der Waals surface area (Å²) in [5.74, 6) is 1.51. The molecule has 1 fully saturated rings. The summed E-state index contributed by atoms with van der Waals surface area (Å²) in [5.41, 5.74) is 1.31. The van der Waals surface area contributed by atoms with Gasteiger partial charge >= 0.3 is 0 Å². The predicted molar refractivity (Wildman–Crippen MR) is 108 cm³/mol. The van der Waals surface area contributed by atoms with Crippen LogP contribution in [-0.4, -0.2) is 47.5 Å².